The van der Waals surface area contributed by atoms with Gasteiger partial charge in [-0.15, -0.1) is 22.7 Å². The Morgan fingerprint density at radius 3 is 2.88 bits per heavy atom. The van der Waals surface area contributed by atoms with Crippen LogP contribution in [-0.4, -0.2) is 35.6 Å². The van der Waals surface area contributed by atoms with Crippen LogP contribution in [0.3, 0.4) is 0 Å². The van der Waals surface area contributed by atoms with Crippen LogP contribution in [0.15, 0.2) is 11.4 Å². The molecule has 1 N–H and O–H groups in total. The van der Waals surface area contributed by atoms with Gasteiger partial charge in [-0.1, -0.05) is 0 Å². The summed E-state index contributed by atoms with van der Waals surface area (Å²) in [5, 5.41) is 6.08. The number of thiophene rings is 1. The third-order valence-corrected chi connectivity index (χ3v) is 6.19. The number of aromatic nitrogens is 1. The van der Waals surface area contributed by atoms with Gasteiger partial charge in [0.1, 0.15) is 11.1 Å². The molecule has 5 nitrogen and oxygen atoms in total. The molecular formula is C17H23N3O2S2. The van der Waals surface area contributed by atoms with E-state index >= 15 is 0 Å². The topological polar surface area (TPSA) is 54.5 Å². The van der Waals surface area contributed by atoms with Crippen molar-refractivity contribution in [3.63, 3.8) is 0 Å². The second kappa shape index (κ2) is 7.21. The summed E-state index contributed by atoms with van der Waals surface area (Å²) in [4.78, 5) is 21.5. The maximum absolute atomic E-state index is 12.6. The maximum atomic E-state index is 12.6. The lowest BCUT2D eigenvalue weighted by atomic mass is 10.1. The van der Waals surface area contributed by atoms with Gasteiger partial charge in [0, 0.05) is 27.4 Å². The molecule has 2 aromatic heterocycles. The average molecular weight is 366 g/mol. The van der Waals surface area contributed by atoms with Crippen LogP contribution in [0.25, 0.3) is 0 Å². The molecule has 0 radical (unpaired) electrons. The van der Waals surface area contributed by atoms with Crippen molar-refractivity contribution < 1.29 is 9.53 Å². The van der Waals surface area contributed by atoms with Crippen molar-refractivity contribution in [3.8, 4) is 0 Å². The van der Waals surface area contributed by atoms with Crippen molar-refractivity contribution >= 4 is 28.7 Å². The highest BCUT2D eigenvalue weighted by Gasteiger charge is 2.28. The first-order valence-corrected chi connectivity index (χ1v) is 9.79. The first-order chi connectivity index (χ1) is 11.4. The minimum atomic E-state index is -0.122. The van der Waals surface area contributed by atoms with Crippen LogP contribution in [0, 0.1) is 20.8 Å². The summed E-state index contributed by atoms with van der Waals surface area (Å²) in [6.45, 7) is 9.91. The van der Waals surface area contributed by atoms with E-state index in [0.29, 0.717) is 19.7 Å². The first-order valence-electron chi connectivity index (χ1n) is 8.10. The number of carbonyl (C=O) groups is 1. The van der Waals surface area contributed by atoms with Crippen molar-refractivity contribution in [1.29, 1.82) is 0 Å². The smallest absolute Gasteiger partial charge is 0.318 e. The fourth-order valence-corrected chi connectivity index (χ4v) is 4.80. The van der Waals surface area contributed by atoms with E-state index in [2.05, 4.69) is 30.2 Å². The van der Waals surface area contributed by atoms with Gasteiger partial charge < -0.3 is 15.0 Å². The van der Waals surface area contributed by atoms with Gasteiger partial charge in [-0.2, -0.15) is 0 Å². The minimum Gasteiger partial charge on any atom is -0.367 e. The van der Waals surface area contributed by atoms with Crippen LogP contribution >= 0.6 is 22.7 Å². The highest BCUT2D eigenvalue weighted by atomic mass is 32.1. The van der Waals surface area contributed by atoms with Crippen LogP contribution in [0.4, 0.5) is 4.79 Å². The number of hydrogen-bond acceptors (Lipinski definition) is 5. The van der Waals surface area contributed by atoms with Gasteiger partial charge in [-0.3, -0.25) is 0 Å². The number of urea groups is 1. The molecule has 2 unspecified atom stereocenters. The summed E-state index contributed by atoms with van der Waals surface area (Å²) in [7, 11) is 0. The Balaban J connectivity index is 1.63. The van der Waals surface area contributed by atoms with Crippen molar-refractivity contribution in [2.24, 2.45) is 0 Å². The zero-order chi connectivity index (χ0) is 17.3. The van der Waals surface area contributed by atoms with Gasteiger partial charge in [0.05, 0.1) is 19.2 Å². The van der Waals surface area contributed by atoms with E-state index in [9.17, 15) is 4.79 Å². The molecule has 1 aliphatic rings. The SMILES string of the molecule is Cc1csc(C2CN(C(=O)NC(C)c3cc(C)sc3C)CCO2)n1. The van der Waals surface area contributed by atoms with Crippen LogP contribution in [0.2, 0.25) is 0 Å². The number of aryl methyl sites for hydroxylation is 3. The number of ether oxygens (including phenoxy) is 1. The predicted molar refractivity (Wildman–Crippen MR) is 97.9 cm³/mol. The molecule has 0 aliphatic carbocycles. The van der Waals surface area contributed by atoms with Gasteiger partial charge in [0.25, 0.3) is 0 Å². The fourth-order valence-electron chi connectivity index (χ4n) is 2.94. The molecule has 0 spiro atoms. The molecule has 3 rings (SSSR count). The Morgan fingerprint density at radius 2 is 2.25 bits per heavy atom. The second-order valence-electron chi connectivity index (χ2n) is 6.17. The molecule has 3 heterocycles. The third-order valence-electron chi connectivity index (χ3n) is 4.15. The molecule has 2 amide bonds. The van der Waals surface area contributed by atoms with E-state index in [1.807, 2.05) is 24.1 Å². The average Bonchev–Trinajstić information content (AvgIpc) is 3.12. The van der Waals surface area contributed by atoms with E-state index in [0.717, 1.165) is 10.7 Å². The molecule has 0 aromatic carbocycles. The number of rotatable bonds is 3. The van der Waals surface area contributed by atoms with Gasteiger partial charge in [-0.05, 0) is 39.3 Å². The molecule has 2 atom stereocenters. The quantitative estimate of drug-likeness (QED) is 0.895. The van der Waals surface area contributed by atoms with Gasteiger partial charge >= 0.3 is 6.03 Å². The number of thiazole rings is 1. The predicted octanol–water partition coefficient (Wildman–Crippen LogP) is 3.97. The molecule has 2 aromatic rings. The maximum Gasteiger partial charge on any atom is 0.318 e. The van der Waals surface area contributed by atoms with E-state index in [-0.39, 0.29) is 18.2 Å². The van der Waals surface area contributed by atoms with Crippen molar-refractivity contribution in [2.45, 2.75) is 39.8 Å². The van der Waals surface area contributed by atoms with Crippen LogP contribution in [-0.2, 0) is 4.74 Å². The summed E-state index contributed by atoms with van der Waals surface area (Å²) in [6.07, 6.45) is -0.122. The summed E-state index contributed by atoms with van der Waals surface area (Å²) in [5.41, 5.74) is 2.20. The van der Waals surface area contributed by atoms with E-state index in [4.69, 9.17) is 4.74 Å². The summed E-state index contributed by atoms with van der Waals surface area (Å²) < 4.78 is 5.80. The summed E-state index contributed by atoms with van der Waals surface area (Å²) in [5.74, 6) is 0. The van der Waals surface area contributed by atoms with Crippen LogP contribution in [0.5, 0.6) is 0 Å². The van der Waals surface area contributed by atoms with Gasteiger partial charge in [0.2, 0.25) is 0 Å². The van der Waals surface area contributed by atoms with E-state index < -0.39 is 0 Å². The number of hydrogen-bond donors (Lipinski definition) is 1. The molecule has 7 heteroatoms. The molecule has 0 bridgehead atoms. The number of amides is 2. The Kier molecular flexibility index (Phi) is 5.22. The summed E-state index contributed by atoms with van der Waals surface area (Å²) >= 11 is 3.36. The lowest BCUT2D eigenvalue weighted by Gasteiger charge is -2.33. The molecule has 0 saturated carbocycles. The highest BCUT2D eigenvalue weighted by molar-refractivity contribution is 7.12. The normalized spacial score (nSPS) is 19.3. The Labute approximate surface area is 150 Å². The molecule has 24 heavy (non-hydrogen) atoms. The van der Waals surface area contributed by atoms with Crippen molar-refractivity contribution in [1.82, 2.24) is 15.2 Å². The molecular weight excluding hydrogens is 342 g/mol. The minimum absolute atomic E-state index is 0.00542. The molecule has 130 valence electrons. The van der Waals surface area contributed by atoms with E-state index in [1.165, 1.54) is 15.3 Å². The number of carbonyl (C=O) groups excluding carboxylic acids is 1. The molecule has 1 aliphatic heterocycles. The monoisotopic (exact) mass is 365 g/mol. The largest absolute Gasteiger partial charge is 0.367 e. The second-order valence-corrected chi connectivity index (χ2v) is 8.52. The number of nitrogens with one attached hydrogen (secondary N) is 1. The van der Waals surface area contributed by atoms with Gasteiger partial charge in [0.15, 0.2) is 0 Å². The van der Waals surface area contributed by atoms with Crippen molar-refractivity contribution in [2.75, 3.05) is 19.7 Å². The first kappa shape index (κ1) is 17.4. The van der Waals surface area contributed by atoms with E-state index in [1.54, 1.807) is 22.7 Å². The number of morpholine rings is 1. The fraction of sp³-hybridized carbons (Fsp3) is 0.529. The van der Waals surface area contributed by atoms with Crippen LogP contribution in [0.1, 0.15) is 45.1 Å². The number of nitrogens with zero attached hydrogens (tertiary/aromatic N) is 2. The lowest BCUT2D eigenvalue weighted by Crippen LogP contribution is -2.47. The molecule has 1 fully saturated rings. The highest BCUT2D eigenvalue weighted by Crippen LogP contribution is 2.28. The molecule has 1 saturated heterocycles. The lowest BCUT2D eigenvalue weighted by molar-refractivity contribution is -0.0158. The zero-order valence-corrected chi connectivity index (χ0v) is 16.1. The Bertz CT molecular complexity index is 725. The standard InChI is InChI=1S/C17H23N3O2S2/c1-10-9-23-16(18-10)15-8-20(5-6-22-15)17(21)19-12(3)14-7-11(2)24-13(14)4/h7,9,12,15H,5-6,8H2,1-4H3,(H,19,21). The summed E-state index contributed by atoms with van der Waals surface area (Å²) in [6, 6.07) is 2.13. The van der Waals surface area contributed by atoms with Crippen molar-refractivity contribution in [3.05, 3.63) is 37.5 Å². The Morgan fingerprint density at radius 1 is 1.46 bits per heavy atom. The van der Waals surface area contributed by atoms with Gasteiger partial charge in [-0.25, -0.2) is 9.78 Å². The van der Waals surface area contributed by atoms with Crippen LogP contribution < -0.4 is 5.32 Å². The third kappa shape index (κ3) is 3.79. The Hall–Kier alpha value is -1.44. The zero-order valence-electron chi connectivity index (χ0n) is 14.5.